The topological polar surface area (TPSA) is 62.7 Å². The standard InChI is InChI=1S/C23H29N5/c1-22(2,3)17-9-11-18(12-10-17)25-20-14-19(16-8-7-13-24-15-16)26-21(27-20)28-23(4,5)6/h7-15H,1-6H3,(H2,25,26,27,28). The van der Waals surface area contributed by atoms with Crippen molar-refractivity contribution in [1.29, 1.82) is 0 Å². The highest BCUT2D eigenvalue weighted by molar-refractivity contribution is 5.67. The first-order valence-corrected chi connectivity index (χ1v) is 9.55. The van der Waals surface area contributed by atoms with Gasteiger partial charge in [-0.05, 0) is 56.0 Å². The van der Waals surface area contributed by atoms with Gasteiger partial charge in [0.05, 0.1) is 5.69 Å². The summed E-state index contributed by atoms with van der Waals surface area (Å²) in [5.74, 6) is 1.33. The average Bonchev–Trinajstić information content (AvgIpc) is 2.60. The quantitative estimate of drug-likeness (QED) is 0.604. The van der Waals surface area contributed by atoms with Crippen molar-refractivity contribution in [3.63, 3.8) is 0 Å². The molecule has 0 spiro atoms. The molecule has 5 heteroatoms. The minimum absolute atomic E-state index is 0.130. The molecular formula is C23H29N5. The fourth-order valence-corrected chi connectivity index (χ4v) is 2.77. The molecule has 0 atom stereocenters. The summed E-state index contributed by atoms with van der Waals surface area (Å²) >= 11 is 0. The van der Waals surface area contributed by atoms with Gasteiger partial charge in [-0.25, -0.2) is 4.98 Å². The predicted octanol–water partition coefficient (Wildman–Crippen LogP) is 5.79. The van der Waals surface area contributed by atoms with E-state index in [1.54, 1.807) is 6.20 Å². The van der Waals surface area contributed by atoms with Crippen LogP contribution in [0.1, 0.15) is 47.1 Å². The number of pyridine rings is 1. The Hall–Kier alpha value is -2.95. The highest BCUT2D eigenvalue weighted by Gasteiger charge is 2.15. The van der Waals surface area contributed by atoms with Crippen LogP contribution < -0.4 is 10.6 Å². The average molecular weight is 376 g/mol. The smallest absolute Gasteiger partial charge is 0.225 e. The van der Waals surface area contributed by atoms with E-state index < -0.39 is 0 Å². The van der Waals surface area contributed by atoms with E-state index in [2.05, 4.69) is 91.4 Å². The van der Waals surface area contributed by atoms with Gasteiger partial charge in [0.25, 0.3) is 0 Å². The van der Waals surface area contributed by atoms with Gasteiger partial charge in [-0.2, -0.15) is 4.98 Å². The largest absolute Gasteiger partial charge is 0.350 e. The minimum Gasteiger partial charge on any atom is -0.350 e. The lowest BCUT2D eigenvalue weighted by Crippen LogP contribution is -2.27. The molecule has 28 heavy (non-hydrogen) atoms. The minimum atomic E-state index is -0.140. The lowest BCUT2D eigenvalue weighted by atomic mass is 9.87. The van der Waals surface area contributed by atoms with Crippen molar-refractivity contribution in [2.75, 3.05) is 10.6 Å². The highest BCUT2D eigenvalue weighted by Crippen LogP contribution is 2.27. The molecule has 2 aromatic heterocycles. The fraction of sp³-hybridized carbons (Fsp3) is 0.348. The third kappa shape index (κ3) is 5.28. The van der Waals surface area contributed by atoms with E-state index in [0.717, 1.165) is 22.8 Å². The van der Waals surface area contributed by atoms with E-state index in [4.69, 9.17) is 0 Å². The van der Waals surface area contributed by atoms with E-state index in [0.29, 0.717) is 5.95 Å². The molecule has 0 aliphatic heterocycles. The number of nitrogens with zero attached hydrogens (tertiary/aromatic N) is 3. The summed E-state index contributed by atoms with van der Waals surface area (Å²) in [6.07, 6.45) is 3.57. The number of rotatable bonds is 4. The van der Waals surface area contributed by atoms with Crippen molar-refractivity contribution in [1.82, 2.24) is 15.0 Å². The number of hydrogen-bond acceptors (Lipinski definition) is 5. The summed E-state index contributed by atoms with van der Waals surface area (Å²) in [5.41, 5.74) is 4.05. The fourth-order valence-electron chi connectivity index (χ4n) is 2.77. The van der Waals surface area contributed by atoms with Crippen LogP contribution in [0.25, 0.3) is 11.3 Å². The van der Waals surface area contributed by atoms with Crippen LogP contribution in [0.5, 0.6) is 0 Å². The molecule has 0 aliphatic carbocycles. The summed E-state index contributed by atoms with van der Waals surface area (Å²) in [6.45, 7) is 12.9. The second kappa shape index (κ2) is 7.58. The maximum Gasteiger partial charge on any atom is 0.225 e. The Morgan fingerprint density at radius 2 is 1.57 bits per heavy atom. The predicted molar refractivity (Wildman–Crippen MR) is 117 cm³/mol. The normalized spacial score (nSPS) is 11.9. The summed E-state index contributed by atoms with van der Waals surface area (Å²) in [7, 11) is 0. The van der Waals surface area contributed by atoms with Crippen LogP contribution in [0.3, 0.4) is 0 Å². The van der Waals surface area contributed by atoms with Crippen LogP contribution in [0, 0.1) is 0 Å². The molecule has 0 saturated carbocycles. The molecule has 0 radical (unpaired) electrons. The second-order valence-electron chi connectivity index (χ2n) is 9.03. The molecule has 0 bridgehead atoms. The summed E-state index contributed by atoms with van der Waals surface area (Å²) in [6, 6.07) is 14.3. The maximum absolute atomic E-state index is 4.67. The molecule has 2 heterocycles. The van der Waals surface area contributed by atoms with E-state index in [1.165, 1.54) is 5.56 Å². The molecule has 0 unspecified atom stereocenters. The van der Waals surface area contributed by atoms with Crippen molar-refractivity contribution >= 4 is 17.5 Å². The first-order chi connectivity index (χ1) is 13.1. The molecule has 0 fully saturated rings. The number of hydrogen-bond donors (Lipinski definition) is 2. The number of nitrogens with one attached hydrogen (secondary N) is 2. The van der Waals surface area contributed by atoms with Crippen LogP contribution in [0.2, 0.25) is 0 Å². The Labute approximate surface area is 167 Å². The van der Waals surface area contributed by atoms with Crippen molar-refractivity contribution in [2.24, 2.45) is 0 Å². The van der Waals surface area contributed by atoms with E-state index in [-0.39, 0.29) is 11.0 Å². The van der Waals surface area contributed by atoms with Gasteiger partial charge in [-0.1, -0.05) is 32.9 Å². The van der Waals surface area contributed by atoms with Gasteiger partial charge in [-0.15, -0.1) is 0 Å². The summed E-state index contributed by atoms with van der Waals surface area (Å²) in [5, 5.41) is 6.77. The summed E-state index contributed by atoms with van der Waals surface area (Å²) < 4.78 is 0. The van der Waals surface area contributed by atoms with E-state index >= 15 is 0 Å². The lowest BCUT2D eigenvalue weighted by molar-refractivity contribution is 0.590. The Kier molecular flexibility index (Phi) is 5.36. The molecule has 1 aromatic carbocycles. The Morgan fingerprint density at radius 3 is 2.14 bits per heavy atom. The highest BCUT2D eigenvalue weighted by atomic mass is 15.2. The third-order valence-electron chi connectivity index (χ3n) is 4.19. The van der Waals surface area contributed by atoms with Gasteiger partial charge in [0.1, 0.15) is 5.82 Å². The van der Waals surface area contributed by atoms with Gasteiger partial charge >= 0.3 is 0 Å². The molecule has 0 saturated heterocycles. The number of aromatic nitrogens is 3. The van der Waals surface area contributed by atoms with Gasteiger partial charge in [0.15, 0.2) is 0 Å². The SMILES string of the molecule is CC(C)(C)Nc1nc(Nc2ccc(C(C)(C)C)cc2)cc(-c2cccnc2)n1. The van der Waals surface area contributed by atoms with Crippen LogP contribution in [0.4, 0.5) is 17.5 Å². The lowest BCUT2D eigenvalue weighted by Gasteiger charge is -2.21. The van der Waals surface area contributed by atoms with Gasteiger partial charge in [-0.3, -0.25) is 4.98 Å². The van der Waals surface area contributed by atoms with Crippen LogP contribution in [-0.2, 0) is 5.41 Å². The van der Waals surface area contributed by atoms with Crippen LogP contribution in [0.15, 0.2) is 54.9 Å². The zero-order chi connectivity index (χ0) is 20.4. The molecule has 0 amide bonds. The van der Waals surface area contributed by atoms with E-state index in [9.17, 15) is 0 Å². The van der Waals surface area contributed by atoms with Gasteiger partial charge < -0.3 is 10.6 Å². The Bertz CT molecular complexity index is 920. The number of anilines is 3. The zero-order valence-electron chi connectivity index (χ0n) is 17.5. The molecule has 2 N–H and O–H groups in total. The Morgan fingerprint density at radius 1 is 0.857 bits per heavy atom. The van der Waals surface area contributed by atoms with E-state index in [1.807, 2.05) is 24.4 Å². The zero-order valence-corrected chi connectivity index (χ0v) is 17.5. The molecular weight excluding hydrogens is 346 g/mol. The second-order valence-corrected chi connectivity index (χ2v) is 9.03. The van der Waals surface area contributed by atoms with Crippen molar-refractivity contribution in [3.05, 3.63) is 60.4 Å². The number of benzene rings is 1. The molecule has 3 rings (SSSR count). The van der Waals surface area contributed by atoms with Gasteiger partial charge in [0.2, 0.25) is 5.95 Å². The Balaban J connectivity index is 1.94. The third-order valence-corrected chi connectivity index (χ3v) is 4.19. The monoisotopic (exact) mass is 375 g/mol. The maximum atomic E-state index is 4.67. The molecule has 5 nitrogen and oxygen atoms in total. The first-order valence-electron chi connectivity index (χ1n) is 9.55. The van der Waals surface area contributed by atoms with Crippen molar-refractivity contribution in [2.45, 2.75) is 52.5 Å². The van der Waals surface area contributed by atoms with Crippen LogP contribution in [-0.4, -0.2) is 20.5 Å². The first kappa shape index (κ1) is 19.8. The molecule has 3 aromatic rings. The molecule has 0 aliphatic rings. The van der Waals surface area contributed by atoms with Crippen molar-refractivity contribution in [3.8, 4) is 11.3 Å². The molecule has 146 valence electrons. The van der Waals surface area contributed by atoms with Crippen LogP contribution >= 0.6 is 0 Å². The van der Waals surface area contributed by atoms with Crippen molar-refractivity contribution < 1.29 is 0 Å². The van der Waals surface area contributed by atoms with Gasteiger partial charge in [0, 0.05) is 35.2 Å². The summed E-state index contributed by atoms with van der Waals surface area (Å²) in [4.78, 5) is 13.5.